The fourth-order valence-electron chi connectivity index (χ4n) is 1.65. The number of nitrogens with zero attached hydrogens (tertiary/aromatic N) is 2. The number of benzene rings is 1. The largest absolute Gasteiger partial charge is 0.350 e. The van der Waals surface area contributed by atoms with Gasteiger partial charge in [-0.15, -0.1) is 0 Å². The molecule has 0 aliphatic heterocycles. The van der Waals surface area contributed by atoms with E-state index in [1.165, 1.54) is 18.0 Å². The lowest BCUT2D eigenvalue weighted by Crippen LogP contribution is -2.28. The predicted molar refractivity (Wildman–Crippen MR) is 69.2 cm³/mol. The average molecular weight is 241 g/mol. The van der Waals surface area contributed by atoms with Gasteiger partial charge in [0, 0.05) is 18.9 Å². The summed E-state index contributed by atoms with van der Waals surface area (Å²) >= 11 is 0. The molecule has 2 rings (SSSR count). The molecule has 1 atom stereocenters. The highest BCUT2D eigenvalue weighted by Crippen LogP contribution is 2.13. The topological polar surface area (TPSA) is 54.9 Å². The second-order valence-electron chi connectivity index (χ2n) is 4.11. The molecule has 0 spiro atoms. The van der Waals surface area contributed by atoms with Gasteiger partial charge in [0.05, 0.1) is 6.20 Å². The molecule has 1 aromatic carbocycles. The number of rotatable bonds is 4. The number of hydrogen-bond donors (Lipinski definition) is 1. The molecule has 4 heteroatoms. The van der Waals surface area contributed by atoms with Gasteiger partial charge in [-0.1, -0.05) is 37.3 Å². The van der Waals surface area contributed by atoms with E-state index in [0.29, 0.717) is 12.2 Å². The summed E-state index contributed by atoms with van der Waals surface area (Å²) in [5, 5.41) is 2.86. The molecule has 1 amide bonds. The van der Waals surface area contributed by atoms with Crippen LogP contribution in [0.2, 0.25) is 0 Å². The van der Waals surface area contributed by atoms with Crippen LogP contribution in [-0.4, -0.2) is 22.4 Å². The zero-order valence-electron chi connectivity index (χ0n) is 10.2. The Morgan fingerprint density at radius 1 is 1.28 bits per heavy atom. The van der Waals surface area contributed by atoms with E-state index in [4.69, 9.17) is 0 Å². The lowest BCUT2D eigenvalue weighted by Gasteiger charge is -2.12. The molecule has 0 unspecified atom stereocenters. The molecule has 0 fully saturated rings. The Bertz CT molecular complexity index is 499. The normalized spacial score (nSPS) is 11.8. The van der Waals surface area contributed by atoms with Crippen LogP contribution in [0.1, 0.15) is 28.9 Å². The SMILES string of the molecule is C[C@H](CNC(=O)c1cnccn1)c1ccccc1. The van der Waals surface area contributed by atoms with Crippen molar-refractivity contribution in [1.29, 1.82) is 0 Å². The molecule has 2 aromatic rings. The first-order chi connectivity index (χ1) is 8.77. The molecule has 0 radical (unpaired) electrons. The Morgan fingerprint density at radius 3 is 2.72 bits per heavy atom. The Kier molecular flexibility index (Phi) is 4.02. The molecule has 18 heavy (non-hydrogen) atoms. The monoisotopic (exact) mass is 241 g/mol. The third-order valence-electron chi connectivity index (χ3n) is 2.73. The molecule has 0 aliphatic carbocycles. The van der Waals surface area contributed by atoms with Crippen LogP contribution in [0.5, 0.6) is 0 Å². The summed E-state index contributed by atoms with van der Waals surface area (Å²) in [5.74, 6) is 0.0812. The number of amides is 1. The number of aromatic nitrogens is 2. The molecule has 4 nitrogen and oxygen atoms in total. The van der Waals surface area contributed by atoms with Gasteiger partial charge in [0.2, 0.25) is 0 Å². The van der Waals surface area contributed by atoms with Crippen molar-refractivity contribution in [2.24, 2.45) is 0 Å². The third-order valence-corrected chi connectivity index (χ3v) is 2.73. The highest BCUT2D eigenvalue weighted by Gasteiger charge is 2.09. The number of nitrogens with one attached hydrogen (secondary N) is 1. The molecule has 1 aromatic heterocycles. The van der Waals surface area contributed by atoms with Gasteiger partial charge in [-0.2, -0.15) is 0 Å². The maximum absolute atomic E-state index is 11.8. The first-order valence-electron chi connectivity index (χ1n) is 5.86. The van der Waals surface area contributed by atoms with Crippen molar-refractivity contribution in [3.63, 3.8) is 0 Å². The minimum Gasteiger partial charge on any atom is -0.350 e. The number of carbonyl (C=O) groups is 1. The Balaban J connectivity index is 1.91. The lowest BCUT2D eigenvalue weighted by atomic mass is 10.0. The molecular weight excluding hydrogens is 226 g/mol. The van der Waals surface area contributed by atoms with E-state index < -0.39 is 0 Å². The van der Waals surface area contributed by atoms with Crippen molar-refractivity contribution < 1.29 is 4.79 Å². The Morgan fingerprint density at radius 2 is 2.06 bits per heavy atom. The van der Waals surface area contributed by atoms with Crippen LogP contribution in [0.15, 0.2) is 48.9 Å². The molecular formula is C14H15N3O. The minimum absolute atomic E-state index is 0.189. The Hall–Kier alpha value is -2.23. The van der Waals surface area contributed by atoms with Gasteiger partial charge in [-0.25, -0.2) is 4.98 Å². The zero-order chi connectivity index (χ0) is 12.8. The van der Waals surface area contributed by atoms with E-state index in [1.54, 1.807) is 6.20 Å². The summed E-state index contributed by atoms with van der Waals surface area (Å²) in [5.41, 5.74) is 1.55. The maximum Gasteiger partial charge on any atom is 0.271 e. The standard InChI is InChI=1S/C14H15N3O/c1-11(12-5-3-2-4-6-12)9-17-14(18)13-10-15-7-8-16-13/h2-8,10-11H,9H2,1H3,(H,17,18)/t11-/m1/s1. The van der Waals surface area contributed by atoms with Crippen LogP contribution >= 0.6 is 0 Å². The van der Waals surface area contributed by atoms with E-state index in [9.17, 15) is 4.79 Å². The average Bonchev–Trinajstić information content (AvgIpc) is 2.46. The van der Waals surface area contributed by atoms with Crippen molar-refractivity contribution >= 4 is 5.91 Å². The van der Waals surface area contributed by atoms with Crippen molar-refractivity contribution in [2.45, 2.75) is 12.8 Å². The van der Waals surface area contributed by atoms with Gasteiger partial charge in [-0.3, -0.25) is 9.78 Å². The van der Waals surface area contributed by atoms with Crippen LogP contribution in [0.25, 0.3) is 0 Å². The first kappa shape index (κ1) is 12.2. The molecule has 92 valence electrons. The molecule has 1 N–H and O–H groups in total. The molecule has 0 aliphatic rings. The minimum atomic E-state index is -0.189. The van der Waals surface area contributed by atoms with Gasteiger partial charge >= 0.3 is 0 Å². The number of carbonyl (C=O) groups excluding carboxylic acids is 1. The van der Waals surface area contributed by atoms with E-state index in [-0.39, 0.29) is 11.8 Å². The van der Waals surface area contributed by atoms with Crippen molar-refractivity contribution in [1.82, 2.24) is 15.3 Å². The van der Waals surface area contributed by atoms with Crippen LogP contribution in [-0.2, 0) is 0 Å². The second kappa shape index (κ2) is 5.91. The van der Waals surface area contributed by atoms with Gasteiger partial charge in [0.15, 0.2) is 0 Å². The molecule has 0 saturated carbocycles. The summed E-state index contributed by atoms with van der Waals surface area (Å²) in [6.45, 7) is 2.66. The van der Waals surface area contributed by atoms with E-state index in [0.717, 1.165) is 0 Å². The molecule has 0 saturated heterocycles. The van der Waals surface area contributed by atoms with Gasteiger partial charge < -0.3 is 5.32 Å². The summed E-state index contributed by atoms with van der Waals surface area (Å²) in [6, 6.07) is 10.1. The van der Waals surface area contributed by atoms with Crippen LogP contribution in [0.4, 0.5) is 0 Å². The number of hydrogen-bond acceptors (Lipinski definition) is 3. The quantitative estimate of drug-likeness (QED) is 0.890. The highest BCUT2D eigenvalue weighted by atomic mass is 16.1. The van der Waals surface area contributed by atoms with E-state index >= 15 is 0 Å². The summed E-state index contributed by atoms with van der Waals surface area (Å²) < 4.78 is 0. The first-order valence-corrected chi connectivity index (χ1v) is 5.86. The fraction of sp³-hybridized carbons (Fsp3) is 0.214. The lowest BCUT2D eigenvalue weighted by molar-refractivity contribution is 0.0946. The van der Waals surface area contributed by atoms with E-state index in [2.05, 4.69) is 34.3 Å². The van der Waals surface area contributed by atoms with Gasteiger partial charge in [0.25, 0.3) is 5.91 Å². The van der Waals surface area contributed by atoms with Crippen molar-refractivity contribution in [3.05, 3.63) is 60.2 Å². The van der Waals surface area contributed by atoms with Gasteiger partial charge in [0.1, 0.15) is 5.69 Å². The van der Waals surface area contributed by atoms with Crippen molar-refractivity contribution in [2.75, 3.05) is 6.54 Å². The van der Waals surface area contributed by atoms with Gasteiger partial charge in [-0.05, 0) is 11.5 Å². The van der Waals surface area contributed by atoms with Crippen LogP contribution < -0.4 is 5.32 Å². The molecule has 0 bridgehead atoms. The van der Waals surface area contributed by atoms with Crippen LogP contribution in [0, 0.1) is 0 Å². The van der Waals surface area contributed by atoms with Crippen molar-refractivity contribution in [3.8, 4) is 0 Å². The second-order valence-corrected chi connectivity index (χ2v) is 4.11. The fourth-order valence-corrected chi connectivity index (χ4v) is 1.65. The summed E-state index contributed by atoms with van der Waals surface area (Å²) in [4.78, 5) is 19.6. The highest BCUT2D eigenvalue weighted by molar-refractivity contribution is 5.91. The Labute approximate surface area is 106 Å². The van der Waals surface area contributed by atoms with E-state index in [1.807, 2.05) is 18.2 Å². The summed E-state index contributed by atoms with van der Waals surface area (Å²) in [7, 11) is 0. The predicted octanol–water partition coefficient (Wildman–Crippen LogP) is 2.01. The summed E-state index contributed by atoms with van der Waals surface area (Å²) in [6.07, 6.45) is 4.52. The smallest absolute Gasteiger partial charge is 0.271 e. The third kappa shape index (κ3) is 3.13. The molecule has 1 heterocycles. The zero-order valence-corrected chi connectivity index (χ0v) is 10.2. The maximum atomic E-state index is 11.8. The van der Waals surface area contributed by atoms with Crippen LogP contribution in [0.3, 0.4) is 0 Å².